The highest BCUT2D eigenvalue weighted by Gasteiger charge is 2.40. The van der Waals surface area contributed by atoms with E-state index < -0.39 is 0 Å². The summed E-state index contributed by atoms with van der Waals surface area (Å²) in [6, 6.07) is 0.661. The first-order valence-electron chi connectivity index (χ1n) is 10.0. The maximum atomic E-state index is 11.9. The van der Waals surface area contributed by atoms with Crippen LogP contribution in [0.4, 0.5) is 0 Å². The summed E-state index contributed by atoms with van der Waals surface area (Å²) in [4.78, 5) is 31.9. The minimum absolute atomic E-state index is 0.00625. The molecule has 0 aromatic carbocycles. The molecule has 3 aliphatic rings. The Kier molecular flexibility index (Phi) is 6.04. The van der Waals surface area contributed by atoms with Gasteiger partial charge in [-0.3, -0.25) is 9.59 Å². The van der Waals surface area contributed by atoms with Crippen molar-refractivity contribution in [3.05, 3.63) is 0 Å². The summed E-state index contributed by atoms with van der Waals surface area (Å²) < 4.78 is 0. The lowest BCUT2D eigenvalue weighted by Crippen LogP contribution is -2.50. The van der Waals surface area contributed by atoms with Crippen molar-refractivity contribution in [1.29, 1.82) is 0 Å². The van der Waals surface area contributed by atoms with E-state index in [0.29, 0.717) is 19.0 Å². The molecule has 0 radical (unpaired) electrons. The predicted octanol–water partition coefficient (Wildman–Crippen LogP) is 0.809. The van der Waals surface area contributed by atoms with E-state index in [4.69, 9.17) is 0 Å². The SMILES string of the molecule is CCC(=O)N1CCC(NC(=NCC(=O)N(C)C)NC2CC3CCC2C3)C1. The van der Waals surface area contributed by atoms with Crippen LogP contribution < -0.4 is 10.6 Å². The number of carbonyl (C=O) groups excluding carboxylic acids is 2. The zero-order chi connectivity index (χ0) is 18.7. The molecule has 26 heavy (non-hydrogen) atoms. The molecule has 0 aromatic rings. The van der Waals surface area contributed by atoms with Gasteiger partial charge in [0.15, 0.2) is 5.96 Å². The van der Waals surface area contributed by atoms with Crippen molar-refractivity contribution in [2.45, 2.75) is 57.5 Å². The Morgan fingerprint density at radius 2 is 1.96 bits per heavy atom. The second kappa shape index (κ2) is 8.27. The highest BCUT2D eigenvalue weighted by atomic mass is 16.2. The van der Waals surface area contributed by atoms with Crippen LogP contribution in [0.1, 0.15) is 45.4 Å². The maximum Gasteiger partial charge on any atom is 0.243 e. The smallest absolute Gasteiger partial charge is 0.243 e. The normalized spacial score (nSPS) is 30.6. The molecule has 2 aliphatic carbocycles. The Labute approximate surface area is 156 Å². The van der Waals surface area contributed by atoms with E-state index in [1.807, 2.05) is 11.8 Å². The molecule has 2 amide bonds. The molecular formula is C19H33N5O2. The summed E-state index contributed by atoms with van der Waals surface area (Å²) in [6.45, 7) is 3.56. The average Bonchev–Trinajstić information content (AvgIpc) is 3.35. The van der Waals surface area contributed by atoms with Crippen molar-refractivity contribution in [3.8, 4) is 0 Å². The van der Waals surface area contributed by atoms with Gasteiger partial charge in [0.25, 0.3) is 0 Å². The molecule has 2 saturated carbocycles. The number of likely N-dealkylation sites (tertiary alicyclic amines) is 1. The molecule has 2 N–H and O–H groups in total. The zero-order valence-corrected chi connectivity index (χ0v) is 16.3. The van der Waals surface area contributed by atoms with Gasteiger partial charge >= 0.3 is 0 Å². The second-order valence-electron chi connectivity index (χ2n) is 8.20. The minimum atomic E-state index is -0.00625. The molecule has 3 rings (SSSR count). The number of amides is 2. The van der Waals surface area contributed by atoms with Crippen molar-refractivity contribution < 1.29 is 9.59 Å². The number of hydrogen-bond acceptors (Lipinski definition) is 3. The topological polar surface area (TPSA) is 77.0 Å². The Morgan fingerprint density at radius 1 is 1.15 bits per heavy atom. The van der Waals surface area contributed by atoms with Gasteiger partial charge in [-0.05, 0) is 37.5 Å². The highest BCUT2D eigenvalue weighted by Crippen LogP contribution is 2.44. The third kappa shape index (κ3) is 4.48. The fraction of sp³-hybridized carbons (Fsp3) is 0.842. The molecule has 146 valence electrons. The average molecular weight is 364 g/mol. The lowest BCUT2D eigenvalue weighted by molar-refractivity contribution is -0.130. The van der Waals surface area contributed by atoms with Gasteiger partial charge in [0.1, 0.15) is 6.54 Å². The fourth-order valence-corrected chi connectivity index (χ4v) is 4.54. The van der Waals surface area contributed by atoms with Gasteiger partial charge in [0.05, 0.1) is 0 Å². The van der Waals surface area contributed by atoms with Gasteiger partial charge in [-0.15, -0.1) is 0 Å². The van der Waals surface area contributed by atoms with Crippen molar-refractivity contribution in [1.82, 2.24) is 20.4 Å². The van der Waals surface area contributed by atoms with Gasteiger partial charge in [-0.1, -0.05) is 13.3 Å². The molecule has 3 fully saturated rings. The lowest BCUT2D eigenvalue weighted by Gasteiger charge is -2.27. The molecule has 7 heteroatoms. The van der Waals surface area contributed by atoms with Crippen LogP contribution >= 0.6 is 0 Å². The number of nitrogens with one attached hydrogen (secondary N) is 2. The Morgan fingerprint density at radius 3 is 2.58 bits per heavy atom. The minimum Gasteiger partial charge on any atom is -0.353 e. The van der Waals surface area contributed by atoms with Crippen LogP contribution in [0.15, 0.2) is 4.99 Å². The van der Waals surface area contributed by atoms with Crippen LogP contribution in [0.3, 0.4) is 0 Å². The third-order valence-corrected chi connectivity index (χ3v) is 6.12. The number of nitrogens with zero attached hydrogens (tertiary/aromatic N) is 3. The zero-order valence-electron chi connectivity index (χ0n) is 16.3. The first-order valence-corrected chi connectivity index (χ1v) is 10.0. The van der Waals surface area contributed by atoms with E-state index in [2.05, 4.69) is 15.6 Å². The first-order chi connectivity index (χ1) is 12.5. The number of rotatable bonds is 5. The van der Waals surface area contributed by atoms with Gasteiger partial charge in [0, 0.05) is 45.7 Å². The summed E-state index contributed by atoms with van der Waals surface area (Å²) >= 11 is 0. The molecule has 4 atom stereocenters. The van der Waals surface area contributed by atoms with E-state index in [1.165, 1.54) is 25.7 Å². The van der Waals surface area contributed by atoms with Gasteiger partial charge in [0.2, 0.25) is 11.8 Å². The highest BCUT2D eigenvalue weighted by molar-refractivity contribution is 5.85. The molecule has 1 aliphatic heterocycles. The number of hydrogen-bond donors (Lipinski definition) is 2. The summed E-state index contributed by atoms with van der Waals surface area (Å²) in [5.74, 6) is 2.52. The van der Waals surface area contributed by atoms with Crippen molar-refractivity contribution in [3.63, 3.8) is 0 Å². The Bertz CT molecular complexity index is 562. The number of aliphatic imine (C=N–C) groups is 1. The summed E-state index contributed by atoms with van der Waals surface area (Å²) in [7, 11) is 3.50. The third-order valence-electron chi connectivity index (χ3n) is 6.12. The predicted molar refractivity (Wildman–Crippen MR) is 102 cm³/mol. The molecule has 1 heterocycles. The van der Waals surface area contributed by atoms with E-state index in [-0.39, 0.29) is 24.4 Å². The molecule has 0 spiro atoms. The monoisotopic (exact) mass is 363 g/mol. The van der Waals surface area contributed by atoms with Crippen molar-refractivity contribution >= 4 is 17.8 Å². The Hall–Kier alpha value is -1.79. The molecule has 1 saturated heterocycles. The van der Waals surface area contributed by atoms with Gasteiger partial charge in [-0.2, -0.15) is 0 Å². The van der Waals surface area contributed by atoms with E-state index in [1.54, 1.807) is 19.0 Å². The summed E-state index contributed by atoms with van der Waals surface area (Å²) in [5, 5.41) is 7.07. The van der Waals surface area contributed by atoms with Crippen LogP contribution in [0.5, 0.6) is 0 Å². The van der Waals surface area contributed by atoms with Crippen LogP contribution in [0, 0.1) is 11.8 Å². The maximum absolute atomic E-state index is 11.9. The lowest BCUT2D eigenvalue weighted by atomic mass is 9.95. The quantitative estimate of drug-likeness (QED) is 0.560. The largest absolute Gasteiger partial charge is 0.353 e. The molecule has 7 nitrogen and oxygen atoms in total. The number of fused-ring (bicyclic) bond motifs is 2. The van der Waals surface area contributed by atoms with Gasteiger partial charge in [-0.25, -0.2) is 4.99 Å². The standard InChI is InChI=1S/C19H33N5O2/c1-4-17(25)24-8-7-15(12-24)21-19(20-11-18(26)23(2)3)22-16-10-13-5-6-14(16)9-13/h13-16H,4-12H2,1-3H3,(H2,20,21,22). The molecule has 4 unspecified atom stereocenters. The van der Waals surface area contributed by atoms with E-state index in [0.717, 1.165) is 30.8 Å². The van der Waals surface area contributed by atoms with Crippen LogP contribution in [-0.2, 0) is 9.59 Å². The number of carbonyl (C=O) groups is 2. The molecule has 2 bridgehead atoms. The Balaban J connectivity index is 1.60. The molecular weight excluding hydrogens is 330 g/mol. The summed E-state index contributed by atoms with van der Waals surface area (Å²) in [6.07, 6.45) is 6.66. The fourth-order valence-electron chi connectivity index (χ4n) is 4.54. The van der Waals surface area contributed by atoms with Crippen LogP contribution in [0.2, 0.25) is 0 Å². The number of likely N-dealkylation sites (N-methyl/N-ethyl adjacent to an activating group) is 1. The van der Waals surface area contributed by atoms with Gasteiger partial charge < -0.3 is 20.4 Å². The van der Waals surface area contributed by atoms with Crippen molar-refractivity contribution in [2.75, 3.05) is 33.7 Å². The van der Waals surface area contributed by atoms with E-state index >= 15 is 0 Å². The van der Waals surface area contributed by atoms with Crippen LogP contribution in [-0.4, -0.2) is 73.4 Å². The second-order valence-corrected chi connectivity index (χ2v) is 8.20. The molecule has 0 aromatic heterocycles. The number of guanidine groups is 1. The first kappa shape index (κ1) is 19.0. The van der Waals surface area contributed by atoms with Crippen LogP contribution in [0.25, 0.3) is 0 Å². The summed E-state index contributed by atoms with van der Waals surface area (Å²) in [5.41, 5.74) is 0. The van der Waals surface area contributed by atoms with E-state index in [9.17, 15) is 9.59 Å². The van der Waals surface area contributed by atoms with Crippen molar-refractivity contribution in [2.24, 2.45) is 16.8 Å².